The molecule has 0 unspecified atom stereocenters. The first-order valence-corrected chi connectivity index (χ1v) is 5.89. The topological polar surface area (TPSA) is 61.2 Å². The fraction of sp³-hybridized carbons (Fsp3) is 0.214. The van der Waals surface area contributed by atoms with E-state index < -0.39 is 0 Å². The Morgan fingerprint density at radius 2 is 2.11 bits per heavy atom. The lowest BCUT2D eigenvalue weighted by molar-refractivity contribution is -0.140. The Morgan fingerprint density at radius 1 is 1.37 bits per heavy atom. The molecule has 0 atom stereocenters. The second-order valence-corrected chi connectivity index (χ2v) is 4.02. The van der Waals surface area contributed by atoms with Gasteiger partial charge in [-0.05, 0) is 24.1 Å². The maximum atomic E-state index is 11.0. The molecule has 0 saturated carbocycles. The summed E-state index contributed by atoms with van der Waals surface area (Å²) >= 11 is 0. The molecular weight excluding hydrogens is 244 g/mol. The summed E-state index contributed by atoms with van der Waals surface area (Å²) in [5.41, 5.74) is 1.91. The van der Waals surface area contributed by atoms with Crippen molar-refractivity contribution in [3.8, 4) is 5.69 Å². The molecule has 1 aromatic heterocycles. The van der Waals surface area contributed by atoms with Crippen LogP contribution in [-0.4, -0.2) is 28.9 Å². The van der Waals surface area contributed by atoms with Crippen LogP contribution < -0.4 is 0 Å². The molecule has 19 heavy (non-hydrogen) atoms. The van der Waals surface area contributed by atoms with Gasteiger partial charge in [-0.2, -0.15) is 0 Å². The van der Waals surface area contributed by atoms with E-state index in [2.05, 4.69) is 9.72 Å². The summed E-state index contributed by atoms with van der Waals surface area (Å²) in [5, 5.41) is 0. The molecule has 1 heterocycles. The minimum Gasteiger partial charge on any atom is -0.469 e. The SMILES string of the molecule is COC(=O)CCc1ccc(-n2ccnc2C=O)cc1. The highest BCUT2D eigenvalue weighted by Crippen LogP contribution is 2.12. The second-order valence-electron chi connectivity index (χ2n) is 4.02. The summed E-state index contributed by atoms with van der Waals surface area (Å²) in [6, 6.07) is 7.63. The fourth-order valence-corrected chi connectivity index (χ4v) is 1.79. The molecule has 2 aromatic rings. The number of carbonyl (C=O) groups excluding carboxylic acids is 2. The first-order valence-electron chi connectivity index (χ1n) is 5.89. The minimum atomic E-state index is -0.220. The zero-order chi connectivity index (χ0) is 13.7. The van der Waals surface area contributed by atoms with E-state index in [1.165, 1.54) is 7.11 Å². The molecule has 5 nitrogen and oxygen atoms in total. The van der Waals surface area contributed by atoms with Gasteiger partial charge in [0.2, 0.25) is 0 Å². The summed E-state index contributed by atoms with van der Waals surface area (Å²) in [7, 11) is 1.38. The lowest BCUT2D eigenvalue weighted by Crippen LogP contribution is -2.02. The molecule has 0 amide bonds. The Bertz CT molecular complexity index is 573. The van der Waals surface area contributed by atoms with Crippen LogP contribution in [0.3, 0.4) is 0 Å². The number of esters is 1. The average Bonchev–Trinajstić information content (AvgIpc) is 2.93. The number of methoxy groups -OCH3 is 1. The molecular formula is C14H14N2O3. The summed E-state index contributed by atoms with van der Waals surface area (Å²) in [6.45, 7) is 0. The van der Waals surface area contributed by atoms with Crippen LogP contribution in [0.25, 0.3) is 5.69 Å². The van der Waals surface area contributed by atoms with E-state index in [1.54, 1.807) is 17.0 Å². The fourth-order valence-electron chi connectivity index (χ4n) is 1.79. The van der Waals surface area contributed by atoms with Crippen LogP contribution in [-0.2, 0) is 16.0 Å². The Kier molecular flexibility index (Phi) is 4.07. The number of aromatic nitrogens is 2. The molecule has 0 bridgehead atoms. The van der Waals surface area contributed by atoms with Crippen molar-refractivity contribution in [3.05, 3.63) is 48.0 Å². The van der Waals surface area contributed by atoms with Gasteiger partial charge < -0.3 is 4.74 Å². The molecule has 0 saturated heterocycles. The highest BCUT2D eigenvalue weighted by atomic mass is 16.5. The van der Waals surface area contributed by atoms with Crippen molar-refractivity contribution in [2.75, 3.05) is 7.11 Å². The van der Waals surface area contributed by atoms with Gasteiger partial charge in [0.25, 0.3) is 0 Å². The normalized spacial score (nSPS) is 10.2. The summed E-state index contributed by atoms with van der Waals surface area (Å²) in [6.07, 6.45) is 5.02. The first-order chi connectivity index (χ1) is 9.24. The molecule has 1 aromatic carbocycles. The maximum absolute atomic E-state index is 11.0. The van der Waals surface area contributed by atoms with Crippen LogP contribution >= 0.6 is 0 Å². The molecule has 0 fully saturated rings. The molecule has 0 aliphatic heterocycles. The van der Waals surface area contributed by atoms with Crippen LogP contribution in [0.15, 0.2) is 36.7 Å². The van der Waals surface area contributed by atoms with Gasteiger partial charge in [0.05, 0.1) is 7.11 Å². The van der Waals surface area contributed by atoms with E-state index >= 15 is 0 Å². The Morgan fingerprint density at radius 3 is 2.74 bits per heavy atom. The molecule has 0 aliphatic rings. The number of nitrogens with zero attached hydrogens (tertiary/aromatic N) is 2. The molecule has 5 heteroatoms. The predicted octanol–water partition coefficient (Wildman–Crippen LogP) is 1.79. The lowest BCUT2D eigenvalue weighted by atomic mass is 10.1. The first kappa shape index (κ1) is 13.0. The van der Waals surface area contributed by atoms with Gasteiger partial charge in [-0.15, -0.1) is 0 Å². The highest BCUT2D eigenvalue weighted by Gasteiger charge is 2.05. The van der Waals surface area contributed by atoms with Crippen molar-refractivity contribution >= 4 is 12.3 Å². The van der Waals surface area contributed by atoms with Crippen molar-refractivity contribution in [1.82, 2.24) is 9.55 Å². The van der Waals surface area contributed by atoms with Crippen molar-refractivity contribution in [3.63, 3.8) is 0 Å². The third-order valence-electron chi connectivity index (χ3n) is 2.83. The monoisotopic (exact) mass is 258 g/mol. The van der Waals surface area contributed by atoms with Gasteiger partial charge in [0, 0.05) is 24.5 Å². The van der Waals surface area contributed by atoms with Crippen LogP contribution in [0.4, 0.5) is 0 Å². The number of aldehydes is 1. The van der Waals surface area contributed by atoms with E-state index in [0.29, 0.717) is 25.0 Å². The second kappa shape index (κ2) is 5.95. The van der Waals surface area contributed by atoms with Crippen LogP contribution in [0, 0.1) is 0 Å². The number of hydrogen-bond donors (Lipinski definition) is 0. The smallest absolute Gasteiger partial charge is 0.305 e. The lowest BCUT2D eigenvalue weighted by Gasteiger charge is -2.06. The molecule has 0 spiro atoms. The predicted molar refractivity (Wildman–Crippen MR) is 69.3 cm³/mol. The molecule has 0 aliphatic carbocycles. The quantitative estimate of drug-likeness (QED) is 0.606. The van der Waals surface area contributed by atoms with Crippen molar-refractivity contribution in [2.24, 2.45) is 0 Å². The van der Waals surface area contributed by atoms with Gasteiger partial charge in [0.15, 0.2) is 12.1 Å². The number of hydrogen-bond acceptors (Lipinski definition) is 4. The number of rotatable bonds is 5. The molecule has 2 rings (SSSR count). The largest absolute Gasteiger partial charge is 0.469 e. The van der Waals surface area contributed by atoms with Crippen LogP contribution in [0.1, 0.15) is 22.6 Å². The molecule has 0 radical (unpaired) electrons. The van der Waals surface area contributed by atoms with E-state index in [9.17, 15) is 9.59 Å². The highest BCUT2D eigenvalue weighted by molar-refractivity contribution is 5.71. The number of ether oxygens (including phenoxy) is 1. The van der Waals surface area contributed by atoms with E-state index in [4.69, 9.17) is 0 Å². The van der Waals surface area contributed by atoms with E-state index in [1.807, 2.05) is 24.3 Å². The van der Waals surface area contributed by atoms with Gasteiger partial charge in [-0.3, -0.25) is 14.2 Å². The summed E-state index contributed by atoms with van der Waals surface area (Å²) in [5.74, 6) is 0.143. The summed E-state index contributed by atoms with van der Waals surface area (Å²) < 4.78 is 6.30. The van der Waals surface area contributed by atoms with Crippen molar-refractivity contribution < 1.29 is 14.3 Å². The van der Waals surface area contributed by atoms with Gasteiger partial charge in [-0.25, -0.2) is 4.98 Å². The zero-order valence-electron chi connectivity index (χ0n) is 10.6. The van der Waals surface area contributed by atoms with Gasteiger partial charge >= 0.3 is 5.97 Å². The molecule has 98 valence electrons. The summed E-state index contributed by atoms with van der Waals surface area (Å²) in [4.78, 5) is 25.8. The van der Waals surface area contributed by atoms with E-state index in [0.717, 1.165) is 11.3 Å². The van der Waals surface area contributed by atoms with Gasteiger partial charge in [0.1, 0.15) is 0 Å². The minimum absolute atomic E-state index is 0.220. The number of benzene rings is 1. The number of imidazole rings is 1. The Balaban J connectivity index is 2.10. The van der Waals surface area contributed by atoms with Crippen LogP contribution in [0.2, 0.25) is 0 Å². The maximum Gasteiger partial charge on any atom is 0.305 e. The zero-order valence-corrected chi connectivity index (χ0v) is 10.6. The molecule has 0 N–H and O–H groups in total. The van der Waals surface area contributed by atoms with E-state index in [-0.39, 0.29) is 5.97 Å². The standard InChI is InChI=1S/C14H14N2O3/c1-19-14(18)7-4-11-2-5-12(6-3-11)16-9-8-15-13(16)10-17/h2-3,5-6,8-10H,4,7H2,1H3. The van der Waals surface area contributed by atoms with Crippen molar-refractivity contribution in [2.45, 2.75) is 12.8 Å². The van der Waals surface area contributed by atoms with Crippen LogP contribution in [0.5, 0.6) is 0 Å². The average molecular weight is 258 g/mol. The van der Waals surface area contributed by atoms with Gasteiger partial charge in [-0.1, -0.05) is 12.1 Å². The third-order valence-corrected chi connectivity index (χ3v) is 2.83. The number of carbonyl (C=O) groups is 2. The Hall–Kier alpha value is -2.43. The number of aryl methyl sites for hydroxylation is 1. The Labute approximate surface area is 110 Å². The van der Waals surface area contributed by atoms with Crippen molar-refractivity contribution in [1.29, 1.82) is 0 Å². The third kappa shape index (κ3) is 3.07.